The third kappa shape index (κ3) is 2.28. The van der Waals surface area contributed by atoms with E-state index in [2.05, 4.69) is 9.97 Å². The molecule has 1 N–H and O–H groups in total. The van der Waals surface area contributed by atoms with Crippen molar-refractivity contribution in [3.05, 3.63) is 36.5 Å². The molecule has 1 aromatic heterocycles. The van der Waals surface area contributed by atoms with Crippen LogP contribution >= 0.6 is 0 Å². The van der Waals surface area contributed by atoms with Crippen molar-refractivity contribution in [2.75, 3.05) is 0 Å². The molecule has 1 aromatic carbocycles. The SMILES string of the molecule is O=S(=O)(c1ncc(-c2ccccc2)[nH]1)C(F)(F)C(F)F. The van der Waals surface area contributed by atoms with Crippen molar-refractivity contribution in [1.29, 1.82) is 0 Å². The summed E-state index contributed by atoms with van der Waals surface area (Å²) in [5, 5.41) is -6.39. The van der Waals surface area contributed by atoms with Crippen LogP contribution in [0.5, 0.6) is 0 Å². The number of alkyl halides is 4. The van der Waals surface area contributed by atoms with Gasteiger partial charge in [-0.2, -0.15) is 8.78 Å². The predicted molar refractivity (Wildman–Crippen MR) is 62.2 cm³/mol. The number of benzene rings is 1. The Morgan fingerprint density at radius 3 is 2.30 bits per heavy atom. The third-order valence-corrected chi connectivity index (χ3v) is 4.12. The predicted octanol–water partition coefficient (Wildman–Crippen LogP) is 2.71. The van der Waals surface area contributed by atoms with Crippen LogP contribution in [0.15, 0.2) is 41.7 Å². The van der Waals surface area contributed by atoms with Gasteiger partial charge in [0.2, 0.25) is 5.16 Å². The van der Waals surface area contributed by atoms with Crippen LogP contribution in [0.25, 0.3) is 11.3 Å². The molecule has 0 fully saturated rings. The fourth-order valence-corrected chi connectivity index (χ4v) is 2.38. The third-order valence-electron chi connectivity index (χ3n) is 2.50. The highest BCUT2D eigenvalue weighted by Crippen LogP contribution is 2.33. The first-order valence-electron chi connectivity index (χ1n) is 5.28. The van der Waals surface area contributed by atoms with E-state index in [9.17, 15) is 26.0 Å². The minimum Gasteiger partial charge on any atom is -0.329 e. The van der Waals surface area contributed by atoms with Crippen molar-refractivity contribution in [1.82, 2.24) is 9.97 Å². The Labute approximate surface area is 111 Å². The van der Waals surface area contributed by atoms with Gasteiger partial charge in [0, 0.05) is 0 Å². The van der Waals surface area contributed by atoms with Crippen LogP contribution in [0.1, 0.15) is 0 Å². The minimum absolute atomic E-state index is 0.134. The van der Waals surface area contributed by atoms with Gasteiger partial charge in [0.1, 0.15) is 0 Å². The maximum atomic E-state index is 13.0. The Kier molecular flexibility index (Phi) is 3.55. The lowest BCUT2D eigenvalue weighted by Gasteiger charge is -2.13. The minimum atomic E-state index is -5.57. The summed E-state index contributed by atoms with van der Waals surface area (Å²) in [5.41, 5.74) is 0.621. The number of imidazole rings is 1. The van der Waals surface area contributed by atoms with E-state index in [1.165, 1.54) is 0 Å². The van der Waals surface area contributed by atoms with Crippen molar-refractivity contribution >= 4 is 9.84 Å². The summed E-state index contributed by atoms with van der Waals surface area (Å²) in [6, 6.07) is 8.13. The number of nitrogens with zero attached hydrogens (tertiary/aromatic N) is 1. The van der Waals surface area contributed by atoms with Gasteiger partial charge in [0.05, 0.1) is 11.9 Å². The van der Waals surface area contributed by atoms with E-state index in [0.29, 0.717) is 5.56 Å². The van der Waals surface area contributed by atoms with Gasteiger partial charge in [-0.3, -0.25) is 0 Å². The van der Waals surface area contributed by atoms with Crippen molar-refractivity contribution < 1.29 is 26.0 Å². The molecule has 0 aliphatic rings. The van der Waals surface area contributed by atoms with Crippen LogP contribution < -0.4 is 0 Å². The summed E-state index contributed by atoms with van der Waals surface area (Å²) in [4.78, 5) is 5.37. The zero-order valence-corrected chi connectivity index (χ0v) is 10.5. The first-order valence-corrected chi connectivity index (χ1v) is 6.76. The highest BCUT2D eigenvalue weighted by Gasteiger charge is 2.56. The zero-order valence-electron chi connectivity index (χ0n) is 9.73. The summed E-state index contributed by atoms with van der Waals surface area (Å²) >= 11 is 0. The highest BCUT2D eigenvalue weighted by atomic mass is 32.2. The normalized spacial score (nSPS) is 12.8. The quantitative estimate of drug-likeness (QED) is 0.883. The zero-order chi connectivity index (χ0) is 15.0. The summed E-state index contributed by atoms with van der Waals surface area (Å²) in [6.45, 7) is 0. The highest BCUT2D eigenvalue weighted by molar-refractivity contribution is 7.92. The number of aromatic amines is 1. The van der Waals surface area contributed by atoms with Gasteiger partial charge in [-0.05, 0) is 5.56 Å². The van der Waals surface area contributed by atoms with Crippen LogP contribution in [-0.4, -0.2) is 30.1 Å². The van der Waals surface area contributed by atoms with Gasteiger partial charge >= 0.3 is 11.7 Å². The molecule has 20 heavy (non-hydrogen) atoms. The summed E-state index contributed by atoms with van der Waals surface area (Å²) in [7, 11) is -5.57. The monoisotopic (exact) mass is 308 g/mol. The fourth-order valence-electron chi connectivity index (χ4n) is 1.45. The summed E-state index contributed by atoms with van der Waals surface area (Å²) in [5.74, 6) is 0. The van der Waals surface area contributed by atoms with Crippen LogP contribution in [-0.2, 0) is 9.84 Å². The second-order valence-corrected chi connectivity index (χ2v) is 5.77. The van der Waals surface area contributed by atoms with Crippen molar-refractivity contribution in [2.45, 2.75) is 16.8 Å². The Hall–Kier alpha value is -1.90. The molecule has 0 bridgehead atoms. The smallest absolute Gasteiger partial charge is 0.329 e. The van der Waals surface area contributed by atoms with E-state index in [-0.39, 0.29) is 5.69 Å². The first kappa shape index (κ1) is 14.5. The molecule has 0 aliphatic carbocycles. The number of halogens is 4. The summed E-state index contributed by atoms with van der Waals surface area (Å²) < 4.78 is 73.2. The van der Waals surface area contributed by atoms with Crippen LogP contribution in [0.2, 0.25) is 0 Å². The van der Waals surface area contributed by atoms with Gasteiger partial charge in [-0.1, -0.05) is 30.3 Å². The molecular weight excluding hydrogens is 300 g/mol. The largest absolute Gasteiger partial charge is 0.411 e. The molecule has 4 nitrogen and oxygen atoms in total. The molecule has 0 spiro atoms. The molecule has 0 saturated carbocycles. The van der Waals surface area contributed by atoms with E-state index in [1.54, 1.807) is 30.3 Å². The molecule has 2 rings (SSSR count). The molecule has 1 heterocycles. The number of sulfone groups is 1. The van der Waals surface area contributed by atoms with Crippen molar-refractivity contribution in [2.24, 2.45) is 0 Å². The molecule has 0 unspecified atom stereocenters. The number of H-pyrrole nitrogens is 1. The standard InChI is InChI=1S/C11H8F4N2O2S/c12-9(13)11(14,15)20(18,19)10-16-6-8(17-10)7-4-2-1-3-5-7/h1-6,9H,(H,16,17). The van der Waals surface area contributed by atoms with Gasteiger partial charge in [0.15, 0.2) is 0 Å². The lowest BCUT2D eigenvalue weighted by atomic mass is 10.2. The van der Waals surface area contributed by atoms with Crippen LogP contribution in [0.3, 0.4) is 0 Å². The van der Waals surface area contributed by atoms with Crippen molar-refractivity contribution in [3.63, 3.8) is 0 Å². The number of nitrogens with one attached hydrogen (secondary N) is 1. The maximum absolute atomic E-state index is 13.0. The van der Waals surface area contributed by atoms with E-state index in [1.807, 2.05) is 0 Å². The summed E-state index contributed by atoms with van der Waals surface area (Å²) in [6.07, 6.45) is -3.35. The molecule has 0 radical (unpaired) electrons. The second-order valence-electron chi connectivity index (χ2n) is 3.83. The average Bonchev–Trinajstić information content (AvgIpc) is 2.89. The molecule has 0 saturated heterocycles. The van der Waals surface area contributed by atoms with E-state index >= 15 is 0 Å². The maximum Gasteiger partial charge on any atom is 0.411 e. The molecule has 108 valence electrons. The van der Waals surface area contributed by atoms with Gasteiger partial charge in [-0.15, -0.1) is 0 Å². The fraction of sp³-hybridized carbons (Fsp3) is 0.182. The molecular formula is C11H8F4N2O2S. The van der Waals surface area contributed by atoms with E-state index < -0.39 is 26.7 Å². The Bertz CT molecular complexity index is 698. The van der Waals surface area contributed by atoms with Crippen molar-refractivity contribution in [3.8, 4) is 11.3 Å². The Morgan fingerprint density at radius 2 is 1.75 bits per heavy atom. The Morgan fingerprint density at radius 1 is 1.15 bits per heavy atom. The lowest BCUT2D eigenvalue weighted by molar-refractivity contribution is -0.0639. The lowest BCUT2D eigenvalue weighted by Crippen LogP contribution is -2.37. The molecule has 0 aliphatic heterocycles. The number of hydrogen-bond acceptors (Lipinski definition) is 3. The number of aromatic nitrogens is 2. The number of rotatable bonds is 4. The topological polar surface area (TPSA) is 62.8 Å². The molecule has 0 amide bonds. The van der Waals surface area contributed by atoms with Crippen LogP contribution in [0.4, 0.5) is 17.6 Å². The molecule has 0 atom stereocenters. The average molecular weight is 308 g/mol. The number of hydrogen-bond donors (Lipinski definition) is 1. The molecule has 2 aromatic rings. The van der Waals surface area contributed by atoms with Gasteiger partial charge < -0.3 is 4.98 Å². The Balaban J connectivity index is 2.44. The first-order chi connectivity index (χ1) is 9.26. The van der Waals surface area contributed by atoms with E-state index in [4.69, 9.17) is 0 Å². The van der Waals surface area contributed by atoms with E-state index in [0.717, 1.165) is 6.20 Å². The van der Waals surface area contributed by atoms with Gasteiger partial charge in [-0.25, -0.2) is 22.2 Å². The van der Waals surface area contributed by atoms with Gasteiger partial charge in [0.25, 0.3) is 9.84 Å². The van der Waals surface area contributed by atoms with Crippen LogP contribution in [0, 0.1) is 0 Å². The molecule has 9 heteroatoms. The second kappa shape index (κ2) is 4.89.